The van der Waals surface area contributed by atoms with Gasteiger partial charge < -0.3 is 10.4 Å². The molecule has 1 aliphatic rings. The number of sulfonamides is 1. The number of aliphatic hydroxyl groups is 1. The van der Waals surface area contributed by atoms with E-state index < -0.39 is 29.1 Å². The number of rotatable bonds is 5. The van der Waals surface area contributed by atoms with Crippen LogP contribution in [-0.4, -0.2) is 38.5 Å². The van der Waals surface area contributed by atoms with Crippen LogP contribution in [0.1, 0.15) is 5.56 Å². The van der Waals surface area contributed by atoms with E-state index in [4.69, 9.17) is 16.7 Å². The fourth-order valence-corrected chi connectivity index (χ4v) is 3.42. The highest BCUT2D eigenvalue weighted by Crippen LogP contribution is 2.32. The van der Waals surface area contributed by atoms with Crippen LogP contribution in [0.5, 0.6) is 0 Å². The number of benzene rings is 1. The first kappa shape index (κ1) is 16.1. The Labute approximate surface area is 124 Å². The van der Waals surface area contributed by atoms with Crippen molar-refractivity contribution >= 4 is 33.2 Å². The summed E-state index contributed by atoms with van der Waals surface area (Å²) in [6.07, 6.45) is -5.17. The zero-order chi connectivity index (χ0) is 15.8. The average Bonchev–Trinajstić information content (AvgIpc) is 2.73. The van der Waals surface area contributed by atoms with Crippen LogP contribution in [0.25, 0.3) is 0 Å². The predicted molar refractivity (Wildman–Crippen MR) is 71.0 cm³/mol. The lowest BCUT2D eigenvalue weighted by Gasteiger charge is -2.13. The topological polar surface area (TPSA) is 95.5 Å². The van der Waals surface area contributed by atoms with Gasteiger partial charge in [0.15, 0.2) is 0 Å². The third kappa shape index (κ3) is 3.49. The summed E-state index contributed by atoms with van der Waals surface area (Å²) < 4.78 is 50.2. The van der Waals surface area contributed by atoms with Crippen LogP contribution in [0.3, 0.4) is 0 Å². The van der Waals surface area contributed by atoms with Gasteiger partial charge in [-0.2, -0.15) is 0 Å². The largest absolute Gasteiger partial charge is 0.386 e. The summed E-state index contributed by atoms with van der Waals surface area (Å²) in [5.74, 6) is -0.295. The van der Waals surface area contributed by atoms with E-state index in [1.54, 1.807) is 0 Å². The quantitative estimate of drug-likeness (QED) is 0.736. The van der Waals surface area contributed by atoms with Crippen molar-refractivity contribution in [2.24, 2.45) is 0 Å². The molecule has 116 valence electrons. The van der Waals surface area contributed by atoms with Crippen molar-refractivity contribution in [1.82, 2.24) is 4.72 Å². The summed E-state index contributed by atoms with van der Waals surface area (Å²) >= 11 is 5.84. The maximum absolute atomic E-state index is 12.2. The maximum atomic E-state index is 12.2. The molecule has 21 heavy (non-hydrogen) atoms. The molecule has 0 saturated heterocycles. The van der Waals surface area contributed by atoms with Crippen molar-refractivity contribution in [2.45, 2.75) is 23.8 Å². The summed E-state index contributed by atoms with van der Waals surface area (Å²) in [6.45, 7) is -0.843. The zero-order valence-electron chi connectivity index (χ0n) is 10.4. The number of fused-ring (bicyclic) bond motifs is 1. The second-order valence-corrected chi connectivity index (χ2v) is 6.56. The summed E-state index contributed by atoms with van der Waals surface area (Å²) in [5.41, 5.74) is 0.857. The van der Waals surface area contributed by atoms with Crippen molar-refractivity contribution in [1.29, 1.82) is 0 Å². The minimum Gasteiger partial charge on any atom is -0.386 e. The van der Waals surface area contributed by atoms with Gasteiger partial charge in [0, 0.05) is 12.2 Å². The molecule has 0 radical (unpaired) electrons. The van der Waals surface area contributed by atoms with Crippen LogP contribution in [-0.2, 0) is 21.2 Å². The number of carbonyl (C=O) groups is 1. The highest BCUT2D eigenvalue weighted by Gasteiger charge is 2.26. The minimum absolute atomic E-state index is 0.00861. The molecule has 3 N–H and O–H groups in total. The number of alkyl halides is 2. The number of anilines is 1. The Bertz CT molecular complexity index is 681. The van der Waals surface area contributed by atoms with Crippen molar-refractivity contribution in [3.05, 3.63) is 22.7 Å². The molecule has 1 atom stereocenters. The first-order chi connectivity index (χ1) is 9.70. The number of halogens is 3. The number of amides is 1. The van der Waals surface area contributed by atoms with Crippen LogP contribution < -0.4 is 10.0 Å². The summed E-state index contributed by atoms with van der Waals surface area (Å²) in [4.78, 5) is 10.9. The van der Waals surface area contributed by atoms with E-state index in [-0.39, 0.29) is 22.2 Å². The van der Waals surface area contributed by atoms with Crippen molar-refractivity contribution in [3.8, 4) is 0 Å². The molecule has 10 heteroatoms. The molecular weight excluding hydrogens is 330 g/mol. The van der Waals surface area contributed by atoms with Gasteiger partial charge in [-0.25, -0.2) is 21.9 Å². The van der Waals surface area contributed by atoms with E-state index >= 15 is 0 Å². The smallest absolute Gasteiger partial charge is 0.265 e. The first-order valence-corrected chi connectivity index (χ1v) is 7.65. The molecule has 1 amide bonds. The van der Waals surface area contributed by atoms with Crippen molar-refractivity contribution in [2.75, 3.05) is 11.9 Å². The SMILES string of the molecule is O=C1Cc2cc(S(=O)(=O)NCC(O)C(F)F)c(Cl)cc2N1. The fraction of sp³-hybridized carbons (Fsp3) is 0.364. The van der Waals surface area contributed by atoms with E-state index in [9.17, 15) is 22.0 Å². The van der Waals surface area contributed by atoms with Gasteiger partial charge in [0.25, 0.3) is 6.43 Å². The Balaban J connectivity index is 2.25. The van der Waals surface area contributed by atoms with Crippen LogP contribution >= 0.6 is 11.6 Å². The van der Waals surface area contributed by atoms with Crippen molar-refractivity contribution in [3.63, 3.8) is 0 Å². The molecule has 1 heterocycles. The Morgan fingerprint density at radius 3 is 2.71 bits per heavy atom. The molecule has 0 spiro atoms. The van der Waals surface area contributed by atoms with Gasteiger partial charge in [0.05, 0.1) is 11.4 Å². The van der Waals surface area contributed by atoms with Crippen molar-refractivity contribution < 1.29 is 27.1 Å². The molecule has 2 rings (SSSR count). The molecule has 1 unspecified atom stereocenters. The van der Waals surface area contributed by atoms with E-state index in [2.05, 4.69) is 5.32 Å². The van der Waals surface area contributed by atoms with Crippen LogP contribution in [0.4, 0.5) is 14.5 Å². The van der Waals surface area contributed by atoms with E-state index in [0.29, 0.717) is 11.3 Å². The average molecular weight is 341 g/mol. The molecule has 0 fully saturated rings. The lowest BCUT2D eigenvalue weighted by Crippen LogP contribution is -2.36. The van der Waals surface area contributed by atoms with Gasteiger partial charge in [0.1, 0.15) is 11.0 Å². The number of nitrogens with one attached hydrogen (secondary N) is 2. The second-order valence-electron chi connectivity index (χ2n) is 4.42. The Morgan fingerprint density at radius 1 is 1.43 bits per heavy atom. The third-order valence-corrected chi connectivity index (χ3v) is 4.73. The van der Waals surface area contributed by atoms with E-state index in [1.165, 1.54) is 12.1 Å². The molecule has 0 bridgehead atoms. The Hall–Kier alpha value is -1.29. The third-order valence-electron chi connectivity index (χ3n) is 2.85. The maximum Gasteiger partial charge on any atom is 0.265 e. The van der Waals surface area contributed by atoms with Gasteiger partial charge in [-0.05, 0) is 17.7 Å². The lowest BCUT2D eigenvalue weighted by atomic mass is 10.2. The molecule has 0 aromatic heterocycles. The molecular formula is C11H11ClF2N2O4S. The highest BCUT2D eigenvalue weighted by molar-refractivity contribution is 7.89. The molecule has 0 aliphatic carbocycles. The first-order valence-electron chi connectivity index (χ1n) is 5.79. The summed E-state index contributed by atoms with van der Waals surface area (Å²) in [7, 11) is -4.17. The minimum atomic E-state index is -4.17. The van der Waals surface area contributed by atoms with Crippen LogP contribution in [0, 0.1) is 0 Å². The van der Waals surface area contributed by atoms with Crippen LogP contribution in [0.15, 0.2) is 17.0 Å². The van der Waals surface area contributed by atoms with E-state index in [0.717, 1.165) is 0 Å². The predicted octanol–water partition coefficient (Wildman–Crippen LogP) is 0.739. The number of carbonyl (C=O) groups excluding carboxylic acids is 1. The molecule has 6 nitrogen and oxygen atoms in total. The normalized spacial score (nSPS) is 16.0. The molecule has 1 aromatic carbocycles. The fourth-order valence-electron chi connectivity index (χ4n) is 1.79. The van der Waals surface area contributed by atoms with Gasteiger partial charge in [0.2, 0.25) is 15.9 Å². The highest BCUT2D eigenvalue weighted by atomic mass is 35.5. The lowest BCUT2D eigenvalue weighted by molar-refractivity contribution is -0.115. The molecule has 1 aliphatic heterocycles. The monoisotopic (exact) mass is 340 g/mol. The number of hydrogen-bond donors (Lipinski definition) is 3. The Kier molecular flexibility index (Phi) is 4.47. The Morgan fingerprint density at radius 2 is 2.10 bits per heavy atom. The molecule has 0 saturated carbocycles. The number of hydrogen-bond acceptors (Lipinski definition) is 4. The van der Waals surface area contributed by atoms with Gasteiger partial charge in [-0.1, -0.05) is 11.6 Å². The molecule has 1 aromatic rings. The zero-order valence-corrected chi connectivity index (χ0v) is 12.0. The summed E-state index contributed by atoms with van der Waals surface area (Å²) in [6, 6.07) is 2.48. The number of aliphatic hydroxyl groups excluding tert-OH is 1. The van der Waals surface area contributed by atoms with Gasteiger partial charge in [-0.3, -0.25) is 4.79 Å². The second kappa shape index (κ2) is 5.84. The van der Waals surface area contributed by atoms with Gasteiger partial charge >= 0.3 is 0 Å². The summed E-state index contributed by atoms with van der Waals surface area (Å²) in [5, 5.41) is 11.3. The van der Waals surface area contributed by atoms with E-state index in [1.807, 2.05) is 4.72 Å². The van der Waals surface area contributed by atoms with Gasteiger partial charge in [-0.15, -0.1) is 0 Å². The van der Waals surface area contributed by atoms with Crippen LogP contribution in [0.2, 0.25) is 5.02 Å². The standard InChI is InChI=1S/C11H11ClF2N2O4S/c12-6-3-7-5(2-10(18)16-7)1-9(6)21(19,20)15-4-8(17)11(13)14/h1,3,8,11,15,17H,2,4H2,(H,16,18).